The molecule has 0 spiro atoms. The molecule has 21 heavy (non-hydrogen) atoms. The summed E-state index contributed by atoms with van der Waals surface area (Å²) in [6.07, 6.45) is 5.06. The maximum atomic E-state index is 6.45. The van der Waals surface area contributed by atoms with Gasteiger partial charge in [-0.1, -0.05) is 38.8 Å². The molecule has 3 unspecified atom stereocenters. The molecule has 1 aliphatic carbocycles. The summed E-state index contributed by atoms with van der Waals surface area (Å²) < 4.78 is 1.98. The van der Waals surface area contributed by atoms with E-state index in [1.807, 2.05) is 18.7 Å². The SMILES string of the molecule is Cc1nn(C)c(CC2CC(C)CCC2CNC(C)C)c1Cl. The van der Waals surface area contributed by atoms with Gasteiger partial charge in [0, 0.05) is 13.1 Å². The molecule has 0 bridgehead atoms. The van der Waals surface area contributed by atoms with E-state index in [9.17, 15) is 0 Å². The second-order valence-corrected chi connectivity index (χ2v) is 7.55. The molecule has 3 nitrogen and oxygen atoms in total. The number of hydrogen-bond donors (Lipinski definition) is 1. The fraction of sp³-hybridized carbons (Fsp3) is 0.824. The van der Waals surface area contributed by atoms with Gasteiger partial charge in [-0.2, -0.15) is 5.10 Å². The molecule has 4 heteroatoms. The highest BCUT2D eigenvalue weighted by Crippen LogP contribution is 2.37. The van der Waals surface area contributed by atoms with Crippen LogP contribution in [0.25, 0.3) is 0 Å². The van der Waals surface area contributed by atoms with Crippen molar-refractivity contribution in [1.82, 2.24) is 15.1 Å². The van der Waals surface area contributed by atoms with Gasteiger partial charge in [0.25, 0.3) is 0 Å². The van der Waals surface area contributed by atoms with Crippen LogP contribution in [-0.2, 0) is 13.5 Å². The van der Waals surface area contributed by atoms with Crippen molar-refractivity contribution in [1.29, 1.82) is 0 Å². The van der Waals surface area contributed by atoms with Gasteiger partial charge in [0.05, 0.1) is 16.4 Å². The van der Waals surface area contributed by atoms with Gasteiger partial charge in [0.1, 0.15) is 0 Å². The van der Waals surface area contributed by atoms with Crippen molar-refractivity contribution in [3.8, 4) is 0 Å². The van der Waals surface area contributed by atoms with Crippen molar-refractivity contribution in [2.75, 3.05) is 6.54 Å². The van der Waals surface area contributed by atoms with E-state index in [4.69, 9.17) is 11.6 Å². The van der Waals surface area contributed by atoms with Gasteiger partial charge >= 0.3 is 0 Å². The predicted octanol–water partition coefficient (Wildman–Crippen LogP) is 3.97. The molecule has 1 saturated carbocycles. The number of nitrogens with one attached hydrogen (secondary N) is 1. The van der Waals surface area contributed by atoms with E-state index in [0.717, 1.165) is 35.5 Å². The Hall–Kier alpha value is -0.540. The third-order valence-electron chi connectivity index (χ3n) is 4.91. The van der Waals surface area contributed by atoms with Crippen LogP contribution in [0.15, 0.2) is 0 Å². The summed E-state index contributed by atoms with van der Waals surface area (Å²) in [5, 5.41) is 8.96. The lowest BCUT2D eigenvalue weighted by atomic mass is 9.72. The minimum absolute atomic E-state index is 0.563. The maximum Gasteiger partial charge on any atom is 0.0847 e. The molecule has 0 aromatic carbocycles. The average molecular weight is 312 g/mol. The molecule has 2 rings (SSSR count). The standard InChI is InChI=1S/C17H30ClN3/c1-11(2)19-10-14-7-6-12(3)8-15(14)9-16-17(18)13(4)20-21(16)5/h11-12,14-15,19H,6-10H2,1-5H3. The van der Waals surface area contributed by atoms with Gasteiger partial charge in [-0.25, -0.2) is 0 Å². The molecule has 1 aliphatic rings. The Kier molecular flexibility index (Phi) is 5.73. The zero-order valence-corrected chi connectivity index (χ0v) is 14.9. The number of nitrogens with zero attached hydrogens (tertiary/aromatic N) is 2. The highest BCUT2D eigenvalue weighted by molar-refractivity contribution is 6.31. The second kappa shape index (κ2) is 7.15. The van der Waals surface area contributed by atoms with Gasteiger partial charge in [-0.15, -0.1) is 0 Å². The molecule has 1 aromatic rings. The van der Waals surface area contributed by atoms with E-state index in [2.05, 4.69) is 31.2 Å². The van der Waals surface area contributed by atoms with Gasteiger partial charge < -0.3 is 5.32 Å². The molecule has 1 aromatic heterocycles. The predicted molar refractivity (Wildman–Crippen MR) is 89.8 cm³/mol. The Morgan fingerprint density at radius 3 is 2.62 bits per heavy atom. The number of rotatable bonds is 5. The fourth-order valence-electron chi connectivity index (χ4n) is 3.62. The van der Waals surface area contributed by atoms with Gasteiger partial charge in [0.2, 0.25) is 0 Å². The van der Waals surface area contributed by atoms with E-state index in [-0.39, 0.29) is 0 Å². The minimum atomic E-state index is 0.563. The van der Waals surface area contributed by atoms with Crippen molar-refractivity contribution in [2.24, 2.45) is 24.8 Å². The van der Waals surface area contributed by atoms with Crippen molar-refractivity contribution in [2.45, 2.75) is 59.4 Å². The number of hydrogen-bond acceptors (Lipinski definition) is 2. The normalized spacial score (nSPS) is 26.5. The summed E-state index contributed by atoms with van der Waals surface area (Å²) in [5.74, 6) is 2.31. The van der Waals surface area contributed by atoms with Crippen molar-refractivity contribution < 1.29 is 0 Å². The fourth-order valence-corrected chi connectivity index (χ4v) is 3.85. The molecule has 1 N–H and O–H groups in total. The summed E-state index contributed by atoms with van der Waals surface area (Å²) >= 11 is 6.45. The van der Waals surface area contributed by atoms with E-state index < -0.39 is 0 Å². The van der Waals surface area contributed by atoms with E-state index in [0.29, 0.717) is 12.0 Å². The number of aromatic nitrogens is 2. The van der Waals surface area contributed by atoms with Crippen LogP contribution in [0.1, 0.15) is 51.4 Å². The first-order chi connectivity index (χ1) is 9.88. The average Bonchev–Trinajstić information content (AvgIpc) is 2.64. The van der Waals surface area contributed by atoms with Crippen LogP contribution < -0.4 is 5.32 Å². The summed E-state index contributed by atoms with van der Waals surface area (Å²) in [4.78, 5) is 0. The van der Waals surface area contributed by atoms with Gasteiger partial charge in [-0.3, -0.25) is 4.68 Å². The maximum absolute atomic E-state index is 6.45. The molecular formula is C17H30ClN3. The summed E-state index contributed by atoms with van der Waals surface area (Å²) in [6.45, 7) is 9.95. The first kappa shape index (κ1) is 16.8. The highest BCUT2D eigenvalue weighted by atomic mass is 35.5. The summed E-state index contributed by atoms with van der Waals surface area (Å²) in [6, 6.07) is 0.563. The zero-order valence-electron chi connectivity index (χ0n) is 14.1. The van der Waals surface area contributed by atoms with Crippen molar-refractivity contribution in [3.63, 3.8) is 0 Å². The Morgan fingerprint density at radius 1 is 1.33 bits per heavy atom. The molecule has 3 atom stereocenters. The Labute approximate surface area is 134 Å². The molecule has 1 heterocycles. The lowest BCUT2D eigenvalue weighted by Crippen LogP contribution is -2.36. The van der Waals surface area contributed by atoms with Crippen LogP contribution >= 0.6 is 11.6 Å². The van der Waals surface area contributed by atoms with Gasteiger partial charge in [-0.05, 0) is 50.5 Å². The molecule has 0 aliphatic heterocycles. The van der Waals surface area contributed by atoms with E-state index >= 15 is 0 Å². The Balaban J connectivity index is 2.09. The quantitative estimate of drug-likeness (QED) is 0.891. The molecule has 0 saturated heterocycles. The molecule has 1 fully saturated rings. The second-order valence-electron chi connectivity index (χ2n) is 7.18. The van der Waals surface area contributed by atoms with E-state index in [1.54, 1.807) is 0 Å². The van der Waals surface area contributed by atoms with Crippen molar-refractivity contribution in [3.05, 3.63) is 16.4 Å². The molecule has 0 amide bonds. The first-order valence-electron chi connectivity index (χ1n) is 8.29. The molecule has 0 radical (unpaired) electrons. The van der Waals surface area contributed by atoms with Crippen LogP contribution in [-0.4, -0.2) is 22.4 Å². The third-order valence-corrected chi connectivity index (χ3v) is 5.40. The van der Waals surface area contributed by atoms with E-state index in [1.165, 1.54) is 25.0 Å². The zero-order chi connectivity index (χ0) is 15.6. The number of halogens is 1. The van der Waals surface area contributed by atoms with Crippen LogP contribution in [0.5, 0.6) is 0 Å². The Morgan fingerprint density at radius 2 is 2.05 bits per heavy atom. The lowest BCUT2D eigenvalue weighted by Gasteiger charge is -2.35. The first-order valence-corrected chi connectivity index (χ1v) is 8.67. The number of aryl methyl sites for hydroxylation is 2. The van der Waals surface area contributed by atoms with Crippen LogP contribution in [0, 0.1) is 24.7 Å². The molecular weight excluding hydrogens is 282 g/mol. The van der Waals surface area contributed by atoms with Crippen LogP contribution in [0.2, 0.25) is 5.02 Å². The summed E-state index contributed by atoms with van der Waals surface area (Å²) in [7, 11) is 2.02. The lowest BCUT2D eigenvalue weighted by molar-refractivity contribution is 0.179. The summed E-state index contributed by atoms with van der Waals surface area (Å²) in [5.41, 5.74) is 2.16. The smallest absolute Gasteiger partial charge is 0.0847 e. The Bertz CT molecular complexity index is 467. The molecule has 120 valence electrons. The monoisotopic (exact) mass is 311 g/mol. The largest absolute Gasteiger partial charge is 0.314 e. The van der Waals surface area contributed by atoms with Crippen LogP contribution in [0.4, 0.5) is 0 Å². The topological polar surface area (TPSA) is 29.9 Å². The third kappa shape index (κ3) is 4.23. The van der Waals surface area contributed by atoms with Crippen molar-refractivity contribution >= 4 is 11.6 Å². The highest BCUT2D eigenvalue weighted by Gasteiger charge is 2.30. The van der Waals surface area contributed by atoms with Crippen LogP contribution in [0.3, 0.4) is 0 Å². The van der Waals surface area contributed by atoms with Gasteiger partial charge in [0.15, 0.2) is 0 Å². The minimum Gasteiger partial charge on any atom is -0.314 e.